The molecule has 2 aromatic rings. The van der Waals surface area contributed by atoms with Crippen LogP contribution in [0.2, 0.25) is 0 Å². The lowest BCUT2D eigenvalue weighted by molar-refractivity contribution is -0.116. The number of methoxy groups -OCH3 is 2. The molecule has 0 aliphatic carbocycles. The summed E-state index contributed by atoms with van der Waals surface area (Å²) in [7, 11) is 3.17. The van der Waals surface area contributed by atoms with Gasteiger partial charge in [0.05, 0.1) is 14.2 Å². The summed E-state index contributed by atoms with van der Waals surface area (Å²) in [5.41, 5.74) is 2.21. The van der Waals surface area contributed by atoms with Crippen LogP contribution in [-0.4, -0.2) is 32.1 Å². The summed E-state index contributed by atoms with van der Waals surface area (Å²) in [4.78, 5) is 24.1. The fourth-order valence-corrected chi connectivity index (χ4v) is 2.57. The Balaban J connectivity index is 1.89. The van der Waals surface area contributed by atoms with Gasteiger partial charge in [0.2, 0.25) is 5.91 Å². The Bertz CT molecular complexity index is 785. The van der Waals surface area contributed by atoms with Gasteiger partial charge in [0.15, 0.2) is 11.5 Å². The van der Waals surface area contributed by atoms with Crippen LogP contribution in [0.4, 0.5) is 5.69 Å². The first-order chi connectivity index (χ1) is 12.9. The Morgan fingerprint density at radius 1 is 0.963 bits per heavy atom. The number of benzene rings is 2. The number of anilines is 1. The van der Waals surface area contributed by atoms with Gasteiger partial charge in [-0.1, -0.05) is 6.07 Å². The minimum Gasteiger partial charge on any atom is -0.493 e. The van der Waals surface area contributed by atoms with Crippen molar-refractivity contribution in [2.75, 3.05) is 19.5 Å². The Labute approximate surface area is 159 Å². The number of hydrogen-bond donors (Lipinski definition) is 2. The van der Waals surface area contributed by atoms with Gasteiger partial charge >= 0.3 is 0 Å². The predicted molar refractivity (Wildman–Crippen MR) is 106 cm³/mol. The summed E-state index contributed by atoms with van der Waals surface area (Å²) in [6.07, 6.45) is 0.923. The summed E-state index contributed by atoms with van der Waals surface area (Å²) in [5, 5.41) is 5.67. The molecule has 0 aliphatic heterocycles. The zero-order valence-electron chi connectivity index (χ0n) is 16.2. The van der Waals surface area contributed by atoms with Crippen LogP contribution in [0.25, 0.3) is 0 Å². The molecule has 6 heteroatoms. The lowest BCUT2D eigenvalue weighted by Gasteiger charge is -2.10. The number of carbonyl (C=O) groups excluding carboxylic acids is 2. The molecule has 2 aromatic carbocycles. The van der Waals surface area contributed by atoms with E-state index in [1.807, 2.05) is 32.0 Å². The van der Waals surface area contributed by atoms with Crippen LogP contribution in [0.3, 0.4) is 0 Å². The van der Waals surface area contributed by atoms with Crippen molar-refractivity contribution in [3.63, 3.8) is 0 Å². The molecule has 0 aliphatic rings. The number of rotatable bonds is 8. The average Bonchev–Trinajstić information content (AvgIpc) is 2.66. The van der Waals surface area contributed by atoms with E-state index < -0.39 is 0 Å². The molecule has 0 saturated heterocycles. The Hall–Kier alpha value is -3.02. The van der Waals surface area contributed by atoms with E-state index in [0.29, 0.717) is 35.6 Å². The highest BCUT2D eigenvalue weighted by molar-refractivity contribution is 5.95. The monoisotopic (exact) mass is 370 g/mol. The molecule has 0 saturated carbocycles. The van der Waals surface area contributed by atoms with Crippen LogP contribution in [0, 0.1) is 0 Å². The molecule has 2 amide bonds. The summed E-state index contributed by atoms with van der Waals surface area (Å²) >= 11 is 0. The molecule has 144 valence electrons. The number of ether oxygens (including phenoxy) is 2. The third kappa shape index (κ3) is 6.02. The number of nitrogens with one attached hydrogen (secondary N) is 2. The van der Waals surface area contributed by atoms with Crippen molar-refractivity contribution >= 4 is 17.5 Å². The molecular formula is C21H26N2O4. The number of carbonyl (C=O) groups is 2. The van der Waals surface area contributed by atoms with Crippen molar-refractivity contribution in [2.45, 2.75) is 32.7 Å². The van der Waals surface area contributed by atoms with Crippen LogP contribution in [0.5, 0.6) is 11.5 Å². The van der Waals surface area contributed by atoms with Crippen molar-refractivity contribution in [1.29, 1.82) is 0 Å². The molecule has 2 rings (SSSR count). The predicted octanol–water partition coefficient (Wildman–Crippen LogP) is 3.41. The SMILES string of the molecule is COc1ccc(CCC(=O)Nc2ccc(C(=O)NC(C)C)cc2)cc1OC. The Kier molecular flexibility index (Phi) is 7.23. The zero-order chi connectivity index (χ0) is 19.8. The smallest absolute Gasteiger partial charge is 0.251 e. The van der Waals surface area contributed by atoms with Crippen LogP contribution >= 0.6 is 0 Å². The quantitative estimate of drug-likeness (QED) is 0.747. The lowest BCUT2D eigenvalue weighted by Crippen LogP contribution is -2.30. The van der Waals surface area contributed by atoms with Gasteiger partial charge < -0.3 is 20.1 Å². The zero-order valence-corrected chi connectivity index (χ0v) is 16.2. The molecule has 6 nitrogen and oxygen atoms in total. The van der Waals surface area contributed by atoms with Crippen molar-refractivity contribution in [3.8, 4) is 11.5 Å². The first-order valence-corrected chi connectivity index (χ1v) is 8.84. The van der Waals surface area contributed by atoms with E-state index in [1.54, 1.807) is 38.5 Å². The molecule has 0 aromatic heterocycles. The number of hydrogen-bond acceptors (Lipinski definition) is 4. The highest BCUT2D eigenvalue weighted by Crippen LogP contribution is 2.28. The fourth-order valence-electron chi connectivity index (χ4n) is 2.57. The van der Waals surface area contributed by atoms with Gasteiger partial charge in [-0.05, 0) is 62.2 Å². The molecule has 0 atom stereocenters. The van der Waals surface area contributed by atoms with E-state index in [1.165, 1.54) is 0 Å². The van der Waals surface area contributed by atoms with Crippen LogP contribution in [-0.2, 0) is 11.2 Å². The van der Waals surface area contributed by atoms with E-state index in [2.05, 4.69) is 10.6 Å². The fraction of sp³-hybridized carbons (Fsp3) is 0.333. The molecule has 0 heterocycles. The van der Waals surface area contributed by atoms with Gasteiger partial charge in [0.25, 0.3) is 5.91 Å². The topological polar surface area (TPSA) is 76.7 Å². The minimum absolute atomic E-state index is 0.0773. The summed E-state index contributed by atoms with van der Waals surface area (Å²) in [5.74, 6) is 1.08. The summed E-state index contributed by atoms with van der Waals surface area (Å²) in [6.45, 7) is 3.82. The van der Waals surface area contributed by atoms with E-state index in [9.17, 15) is 9.59 Å². The van der Waals surface area contributed by atoms with E-state index >= 15 is 0 Å². The van der Waals surface area contributed by atoms with Crippen molar-refractivity contribution in [1.82, 2.24) is 5.32 Å². The normalized spacial score (nSPS) is 10.4. The Morgan fingerprint density at radius 3 is 2.22 bits per heavy atom. The third-order valence-electron chi connectivity index (χ3n) is 3.94. The molecule has 0 bridgehead atoms. The Morgan fingerprint density at radius 2 is 1.63 bits per heavy atom. The van der Waals surface area contributed by atoms with E-state index in [0.717, 1.165) is 5.56 Å². The van der Waals surface area contributed by atoms with E-state index in [4.69, 9.17) is 9.47 Å². The molecule has 2 N–H and O–H groups in total. The van der Waals surface area contributed by atoms with Gasteiger partial charge in [-0.25, -0.2) is 0 Å². The third-order valence-corrected chi connectivity index (χ3v) is 3.94. The lowest BCUT2D eigenvalue weighted by atomic mass is 10.1. The molecule has 27 heavy (non-hydrogen) atoms. The van der Waals surface area contributed by atoms with Gasteiger partial charge in [-0.3, -0.25) is 9.59 Å². The molecule has 0 radical (unpaired) electrons. The summed E-state index contributed by atoms with van der Waals surface area (Å²) < 4.78 is 10.5. The van der Waals surface area contributed by atoms with Gasteiger partial charge in [0.1, 0.15) is 0 Å². The molecule has 0 unspecified atom stereocenters. The van der Waals surface area contributed by atoms with Gasteiger partial charge in [0, 0.05) is 23.7 Å². The minimum atomic E-state index is -0.128. The standard InChI is InChI=1S/C21H26N2O4/c1-14(2)22-21(25)16-7-9-17(10-8-16)23-20(24)12-6-15-5-11-18(26-3)19(13-15)27-4/h5,7-11,13-14H,6,12H2,1-4H3,(H,22,25)(H,23,24). The highest BCUT2D eigenvalue weighted by Gasteiger charge is 2.09. The maximum absolute atomic E-state index is 12.2. The van der Waals surface area contributed by atoms with Crippen molar-refractivity contribution in [3.05, 3.63) is 53.6 Å². The highest BCUT2D eigenvalue weighted by atomic mass is 16.5. The van der Waals surface area contributed by atoms with E-state index in [-0.39, 0.29) is 17.9 Å². The van der Waals surface area contributed by atoms with Crippen LogP contribution < -0.4 is 20.1 Å². The second kappa shape index (κ2) is 9.62. The molecular weight excluding hydrogens is 344 g/mol. The first kappa shape index (κ1) is 20.3. The van der Waals surface area contributed by atoms with Gasteiger partial charge in [-0.2, -0.15) is 0 Å². The second-order valence-corrected chi connectivity index (χ2v) is 6.44. The number of aryl methyl sites for hydroxylation is 1. The molecule has 0 fully saturated rings. The maximum Gasteiger partial charge on any atom is 0.251 e. The van der Waals surface area contributed by atoms with Gasteiger partial charge in [-0.15, -0.1) is 0 Å². The van der Waals surface area contributed by atoms with Crippen molar-refractivity contribution in [2.24, 2.45) is 0 Å². The summed E-state index contributed by atoms with van der Waals surface area (Å²) in [6, 6.07) is 12.5. The van der Waals surface area contributed by atoms with Crippen molar-refractivity contribution < 1.29 is 19.1 Å². The van der Waals surface area contributed by atoms with Crippen LogP contribution in [0.15, 0.2) is 42.5 Å². The largest absolute Gasteiger partial charge is 0.493 e. The number of amides is 2. The first-order valence-electron chi connectivity index (χ1n) is 8.84. The average molecular weight is 370 g/mol. The second-order valence-electron chi connectivity index (χ2n) is 6.44. The molecule has 0 spiro atoms. The maximum atomic E-state index is 12.2. The van der Waals surface area contributed by atoms with Crippen LogP contribution in [0.1, 0.15) is 36.2 Å².